The van der Waals surface area contributed by atoms with Crippen LogP contribution in [0.3, 0.4) is 0 Å². The maximum atomic E-state index is 11.8. The maximum Gasteiger partial charge on any atom is 0.228 e. The highest BCUT2D eigenvalue weighted by Crippen LogP contribution is 2.48. The fourth-order valence-electron chi connectivity index (χ4n) is 1.53. The summed E-state index contributed by atoms with van der Waals surface area (Å²) in [5, 5.41) is 9.62. The molecule has 0 amide bonds. The van der Waals surface area contributed by atoms with Crippen LogP contribution in [0.1, 0.15) is 19.4 Å². The minimum absolute atomic E-state index is 0.135. The van der Waals surface area contributed by atoms with Gasteiger partial charge < -0.3 is 10.00 Å². The van der Waals surface area contributed by atoms with E-state index in [0.29, 0.717) is 6.42 Å². The van der Waals surface area contributed by atoms with Crippen molar-refractivity contribution in [3.05, 3.63) is 35.9 Å². The van der Waals surface area contributed by atoms with E-state index in [0.717, 1.165) is 5.56 Å². The van der Waals surface area contributed by atoms with Gasteiger partial charge in [0.25, 0.3) is 0 Å². The average Bonchev–Trinajstić information content (AvgIpc) is 2.27. The zero-order valence-corrected chi connectivity index (χ0v) is 10.6. The predicted octanol–water partition coefficient (Wildman–Crippen LogP) is 2.47. The first-order valence-electron chi connectivity index (χ1n) is 5.47. The molecule has 1 aromatic rings. The first-order valence-corrected chi connectivity index (χ1v) is 7.38. The summed E-state index contributed by atoms with van der Waals surface area (Å²) in [4.78, 5) is 9.72. The van der Waals surface area contributed by atoms with E-state index in [1.165, 1.54) is 0 Å². The molecular weight excluding hydrogens is 223 g/mol. The van der Waals surface area contributed by atoms with Gasteiger partial charge in [0.1, 0.15) is 5.85 Å². The Hall–Kier alpha value is -0.630. The Labute approximate surface area is 96.6 Å². The smallest absolute Gasteiger partial charge is 0.228 e. The van der Waals surface area contributed by atoms with Crippen LogP contribution in [0.2, 0.25) is 0 Å². The van der Waals surface area contributed by atoms with Gasteiger partial charge in [-0.1, -0.05) is 44.2 Å². The quantitative estimate of drug-likeness (QED) is 0.780. The Morgan fingerprint density at radius 1 is 1.25 bits per heavy atom. The van der Waals surface area contributed by atoms with Crippen molar-refractivity contribution in [3.8, 4) is 0 Å². The lowest BCUT2D eigenvalue weighted by Crippen LogP contribution is -2.17. The number of aliphatic hydroxyl groups excluding tert-OH is 1. The number of hydrogen-bond donors (Lipinski definition) is 2. The summed E-state index contributed by atoms with van der Waals surface area (Å²) in [5.74, 6) is -1.30. The minimum atomic E-state index is -3.45. The van der Waals surface area contributed by atoms with Crippen LogP contribution in [0.5, 0.6) is 0 Å². The van der Waals surface area contributed by atoms with Crippen molar-refractivity contribution in [1.29, 1.82) is 0 Å². The number of aryl methyl sites for hydroxylation is 1. The number of benzene rings is 1. The summed E-state index contributed by atoms with van der Waals surface area (Å²) >= 11 is 0. The van der Waals surface area contributed by atoms with Gasteiger partial charge in [0.05, 0.1) is 0 Å². The topological polar surface area (TPSA) is 57.5 Å². The first kappa shape index (κ1) is 13.4. The van der Waals surface area contributed by atoms with Crippen LogP contribution in [-0.4, -0.2) is 22.0 Å². The Balaban J connectivity index is 2.58. The highest BCUT2D eigenvalue weighted by molar-refractivity contribution is 7.58. The molecule has 3 nitrogen and oxygen atoms in total. The van der Waals surface area contributed by atoms with E-state index >= 15 is 0 Å². The summed E-state index contributed by atoms with van der Waals surface area (Å²) in [6.07, 6.45) is 0.661. The molecule has 1 rings (SSSR count). The van der Waals surface area contributed by atoms with Gasteiger partial charge in [-0.15, -0.1) is 0 Å². The molecule has 0 fully saturated rings. The lowest BCUT2D eigenvalue weighted by molar-refractivity contribution is 0.183. The predicted molar refractivity (Wildman–Crippen MR) is 65.7 cm³/mol. The van der Waals surface area contributed by atoms with Gasteiger partial charge >= 0.3 is 0 Å². The Morgan fingerprint density at radius 2 is 1.81 bits per heavy atom. The Kier molecular flexibility index (Phi) is 4.72. The molecule has 0 spiro atoms. The van der Waals surface area contributed by atoms with Gasteiger partial charge in [0.15, 0.2) is 0 Å². The van der Waals surface area contributed by atoms with Crippen LogP contribution in [-0.2, 0) is 11.0 Å². The normalized spacial score (nSPS) is 17.1. The third-order valence-electron chi connectivity index (χ3n) is 2.57. The van der Waals surface area contributed by atoms with Crippen molar-refractivity contribution >= 4 is 7.37 Å². The number of hydrogen-bond acceptors (Lipinski definition) is 2. The molecule has 0 saturated heterocycles. The second kappa shape index (κ2) is 5.62. The van der Waals surface area contributed by atoms with E-state index in [4.69, 9.17) is 0 Å². The molecule has 16 heavy (non-hydrogen) atoms. The van der Waals surface area contributed by atoms with E-state index in [9.17, 15) is 14.6 Å². The van der Waals surface area contributed by atoms with Crippen molar-refractivity contribution in [3.63, 3.8) is 0 Å². The Bertz CT molecular complexity index is 362. The minimum Gasteiger partial charge on any atom is -0.383 e. The van der Waals surface area contributed by atoms with Gasteiger partial charge in [-0.3, -0.25) is 4.57 Å². The largest absolute Gasteiger partial charge is 0.383 e. The molecular formula is C12H19O3P. The molecule has 0 aromatic heterocycles. The van der Waals surface area contributed by atoms with E-state index in [2.05, 4.69) is 0 Å². The molecule has 2 N–H and O–H groups in total. The molecule has 0 aliphatic heterocycles. The van der Waals surface area contributed by atoms with E-state index < -0.39 is 13.2 Å². The highest BCUT2D eigenvalue weighted by atomic mass is 31.2. The number of aliphatic hydroxyl groups is 1. The van der Waals surface area contributed by atoms with Gasteiger partial charge in [0.2, 0.25) is 7.37 Å². The second-order valence-corrected chi connectivity index (χ2v) is 6.86. The van der Waals surface area contributed by atoms with Crippen LogP contribution >= 0.6 is 7.37 Å². The van der Waals surface area contributed by atoms with Crippen LogP contribution in [0.4, 0.5) is 0 Å². The zero-order valence-electron chi connectivity index (χ0n) is 9.71. The molecule has 0 saturated carbocycles. The van der Waals surface area contributed by atoms with Crippen molar-refractivity contribution in [2.45, 2.75) is 26.1 Å². The number of rotatable bonds is 5. The molecule has 2 atom stereocenters. The van der Waals surface area contributed by atoms with Crippen molar-refractivity contribution in [1.82, 2.24) is 0 Å². The summed E-state index contributed by atoms with van der Waals surface area (Å²) in [6, 6.07) is 9.54. The fourth-order valence-corrected chi connectivity index (χ4v) is 3.31. The zero-order chi connectivity index (χ0) is 12.2. The third-order valence-corrected chi connectivity index (χ3v) is 4.86. The molecule has 1 aromatic carbocycles. The average molecular weight is 242 g/mol. The third kappa shape index (κ3) is 3.75. The van der Waals surface area contributed by atoms with Gasteiger partial charge in [-0.05, 0) is 17.9 Å². The lowest BCUT2D eigenvalue weighted by atomic mass is 10.2. The maximum absolute atomic E-state index is 11.8. The molecule has 0 bridgehead atoms. The van der Waals surface area contributed by atoms with Crippen molar-refractivity contribution < 1.29 is 14.6 Å². The SMILES string of the molecule is CC(C)[C@H](O)P(=O)(O)CCc1ccccc1. The van der Waals surface area contributed by atoms with Gasteiger partial charge in [0, 0.05) is 6.16 Å². The molecule has 0 aliphatic rings. The van der Waals surface area contributed by atoms with Gasteiger partial charge in [-0.25, -0.2) is 0 Å². The molecule has 90 valence electrons. The summed E-state index contributed by atoms with van der Waals surface area (Å²) in [6.45, 7) is 3.49. The van der Waals surface area contributed by atoms with Crippen LogP contribution in [0.25, 0.3) is 0 Å². The lowest BCUT2D eigenvalue weighted by Gasteiger charge is -2.21. The van der Waals surface area contributed by atoms with Gasteiger partial charge in [-0.2, -0.15) is 0 Å². The van der Waals surface area contributed by atoms with Crippen molar-refractivity contribution in [2.24, 2.45) is 5.92 Å². The molecule has 0 heterocycles. The summed E-state index contributed by atoms with van der Waals surface area (Å²) < 4.78 is 11.8. The van der Waals surface area contributed by atoms with Crippen LogP contribution < -0.4 is 0 Å². The van der Waals surface area contributed by atoms with E-state index in [1.807, 2.05) is 30.3 Å². The Morgan fingerprint density at radius 3 is 2.31 bits per heavy atom. The monoisotopic (exact) mass is 242 g/mol. The van der Waals surface area contributed by atoms with Crippen molar-refractivity contribution in [2.75, 3.05) is 6.16 Å². The molecule has 4 heteroatoms. The fraction of sp³-hybridized carbons (Fsp3) is 0.500. The molecule has 0 aliphatic carbocycles. The molecule has 1 unspecified atom stereocenters. The van der Waals surface area contributed by atoms with Crippen LogP contribution in [0.15, 0.2) is 30.3 Å². The second-order valence-electron chi connectivity index (χ2n) is 4.37. The summed E-state index contributed by atoms with van der Waals surface area (Å²) in [7, 11) is -3.45. The van der Waals surface area contributed by atoms with Crippen LogP contribution in [0, 0.1) is 5.92 Å². The first-order chi connectivity index (χ1) is 7.43. The highest BCUT2D eigenvalue weighted by Gasteiger charge is 2.30. The standard InChI is InChI=1S/C12H19O3P/c1-10(2)12(13)16(14,15)9-8-11-6-4-3-5-7-11/h3-7,10,12-13H,8-9H2,1-2H3,(H,14,15)/t12-/m1/s1. The summed E-state index contributed by atoms with van der Waals surface area (Å²) in [5.41, 5.74) is 1.02. The van der Waals surface area contributed by atoms with E-state index in [1.54, 1.807) is 13.8 Å². The van der Waals surface area contributed by atoms with E-state index in [-0.39, 0.29) is 12.1 Å². The molecule has 0 radical (unpaired) electrons.